The molecule has 3 N–H and O–H groups in total. The summed E-state index contributed by atoms with van der Waals surface area (Å²) in [4.78, 5) is 22.9. The van der Waals surface area contributed by atoms with Crippen molar-refractivity contribution in [3.05, 3.63) is 24.0 Å². The highest BCUT2D eigenvalue weighted by molar-refractivity contribution is 5.77. The first kappa shape index (κ1) is 26.2. The van der Waals surface area contributed by atoms with E-state index in [1.807, 2.05) is 6.08 Å². The van der Waals surface area contributed by atoms with Crippen molar-refractivity contribution in [2.45, 2.75) is 90.6 Å². The van der Waals surface area contributed by atoms with Gasteiger partial charge < -0.3 is 20.1 Å². The van der Waals surface area contributed by atoms with E-state index in [4.69, 9.17) is 0 Å². The van der Waals surface area contributed by atoms with Crippen LogP contribution in [0.2, 0.25) is 0 Å². The molecule has 6 heteroatoms. The van der Waals surface area contributed by atoms with Crippen LogP contribution in [0.3, 0.4) is 0 Å². The molecule has 0 radical (unpaired) electrons. The fourth-order valence-corrected chi connectivity index (χ4v) is 4.16. The molecule has 6 nitrogen and oxygen atoms in total. The van der Waals surface area contributed by atoms with E-state index in [2.05, 4.69) is 25.5 Å². The zero-order valence-electron chi connectivity index (χ0n) is 19.0. The van der Waals surface area contributed by atoms with Gasteiger partial charge >= 0.3 is 11.9 Å². The number of esters is 1. The molecule has 0 unspecified atom stereocenters. The Morgan fingerprint density at radius 1 is 1.13 bits per heavy atom. The maximum absolute atomic E-state index is 11.8. The Bertz CT molecular complexity index is 621. The molecule has 0 amide bonds. The van der Waals surface area contributed by atoms with Crippen LogP contribution in [0.15, 0.2) is 24.0 Å². The highest BCUT2D eigenvalue weighted by Gasteiger charge is 2.47. The maximum atomic E-state index is 11.8. The number of aliphatic carboxylic acids is 1. The number of aliphatic hydroxyl groups is 2. The van der Waals surface area contributed by atoms with Gasteiger partial charge in [0.15, 0.2) is 5.60 Å². The van der Waals surface area contributed by atoms with Crippen molar-refractivity contribution >= 4 is 11.9 Å². The molecule has 0 aromatic heterocycles. The summed E-state index contributed by atoms with van der Waals surface area (Å²) in [5.74, 6) is -1.76. The molecular formula is C24H40O6. The standard InChI is InChI=1S/C24H40O6/c1-5-6-14-23(2,3)16-13-20(25)18-11-12-19(17-18)24(29,22(27)28)15-9-7-8-10-21(26)30-4/h7-8,13,18-19,25,29H,5-6,9-12,14-17H2,1-4H3,(H,27,28)/t18-,19-,24-/m1/s1. The Kier molecular flexibility index (Phi) is 10.6. The minimum Gasteiger partial charge on any atom is -0.512 e. The molecular weight excluding hydrogens is 384 g/mol. The molecule has 3 atom stereocenters. The van der Waals surface area contributed by atoms with E-state index in [-0.39, 0.29) is 30.1 Å². The first-order chi connectivity index (χ1) is 14.1. The van der Waals surface area contributed by atoms with Crippen LogP contribution < -0.4 is 0 Å². The second kappa shape index (κ2) is 12.1. The number of unbranched alkanes of at least 4 members (excludes halogenated alkanes) is 1. The van der Waals surface area contributed by atoms with Crippen molar-refractivity contribution in [1.29, 1.82) is 0 Å². The second-order valence-electron chi connectivity index (χ2n) is 9.33. The molecule has 1 saturated carbocycles. The number of aliphatic hydroxyl groups excluding tert-OH is 1. The van der Waals surface area contributed by atoms with Gasteiger partial charge in [0.05, 0.1) is 19.3 Å². The Morgan fingerprint density at radius 2 is 1.83 bits per heavy atom. The van der Waals surface area contributed by atoms with E-state index in [0.717, 1.165) is 25.7 Å². The van der Waals surface area contributed by atoms with E-state index in [0.29, 0.717) is 31.4 Å². The van der Waals surface area contributed by atoms with E-state index in [1.165, 1.54) is 7.11 Å². The van der Waals surface area contributed by atoms with Crippen LogP contribution in [0.1, 0.15) is 85.0 Å². The SMILES string of the molecule is CCCCC(C)(C)CC=C(O)[C@@H]1CC[C@@H]([C@](O)(CCC=CCC(=O)OC)C(=O)O)C1. The average molecular weight is 425 g/mol. The zero-order valence-corrected chi connectivity index (χ0v) is 19.0. The molecule has 0 aromatic rings. The van der Waals surface area contributed by atoms with Crippen LogP contribution in [-0.2, 0) is 14.3 Å². The van der Waals surface area contributed by atoms with E-state index in [1.54, 1.807) is 12.2 Å². The summed E-state index contributed by atoms with van der Waals surface area (Å²) in [5, 5.41) is 31.1. The summed E-state index contributed by atoms with van der Waals surface area (Å²) in [6.45, 7) is 6.56. The molecule has 0 aromatic carbocycles. The van der Waals surface area contributed by atoms with E-state index in [9.17, 15) is 24.9 Å². The molecule has 0 saturated heterocycles. The molecule has 1 fully saturated rings. The molecule has 1 rings (SSSR count). The largest absolute Gasteiger partial charge is 0.512 e. The van der Waals surface area contributed by atoms with Crippen molar-refractivity contribution in [1.82, 2.24) is 0 Å². The molecule has 1 aliphatic carbocycles. The number of carbonyl (C=O) groups excluding carboxylic acids is 1. The lowest BCUT2D eigenvalue weighted by Crippen LogP contribution is -2.45. The lowest BCUT2D eigenvalue weighted by atomic mass is 9.81. The van der Waals surface area contributed by atoms with E-state index >= 15 is 0 Å². The number of hydrogen-bond acceptors (Lipinski definition) is 5. The Hall–Kier alpha value is -1.82. The predicted octanol–water partition coefficient (Wildman–Crippen LogP) is 5.17. The first-order valence-corrected chi connectivity index (χ1v) is 11.1. The van der Waals surface area contributed by atoms with Gasteiger partial charge in [-0.2, -0.15) is 0 Å². The van der Waals surface area contributed by atoms with Gasteiger partial charge in [-0.1, -0.05) is 45.8 Å². The van der Waals surface area contributed by atoms with E-state index < -0.39 is 17.5 Å². The molecule has 0 heterocycles. The number of carboxylic acid groups (broad SMARTS) is 1. The number of methoxy groups -OCH3 is 1. The molecule has 0 aliphatic heterocycles. The maximum Gasteiger partial charge on any atom is 0.335 e. The van der Waals surface area contributed by atoms with Crippen molar-refractivity contribution < 1.29 is 29.6 Å². The summed E-state index contributed by atoms with van der Waals surface area (Å²) >= 11 is 0. The average Bonchev–Trinajstić information content (AvgIpc) is 3.20. The number of carboxylic acids is 1. The minimum atomic E-state index is -1.83. The van der Waals surface area contributed by atoms with Gasteiger partial charge in [-0.25, -0.2) is 4.79 Å². The van der Waals surface area contributed by atoms with Crippen molar-refractivity contribution in [2.75, 3.05) is 7.11 Å². The van der Waals surface area contributed by atoms with Gasteiger partial charge in [0.25, 0.3) is 0 Å². The van der Waals surface area contributed by atoms with Gasteiger partial charge in [0.2, 0.25) is 0 Å². The minimum absolute atomic E-state index is 0.0753. The number of rotatable bonds is 13. The Morgan fingerprint density at radius 3 is 2.43 bits per heavy atom. The summed E-state index contributed by atoms with van der Waals surface area (Å²) in [6, 6.07) is 0. The summed E-state index contributed by atoms with van der Waals surface area (Å²) in [5.41, 5.74) is -1.70. The molecule has 1 aliphatic rings. The van der Waals surface area contributed by atoms with Gasteiger partial charge in [-0.05, 0) is 62.4 Å². The number of hydrogen-bond donors (Lipinski definition) is 3. The van der Waals surface area contributed by atoms with Gasteiger partial charge in [0, 0.05) is 5.92 Å². The highest BCUT2D eigenvalue weighted by atomic mass is 16.5. The normalized spacial score (nSPS) is 22.2. The quantitative estimate of drug-likeness (QED) is 0.214. The Balaban J connectivity index is 2.67. The smallest absolute Gasteiger partial charge is 0.335 e. The van der Waals surface area contributed by atoms with Crippen LogP contribution >= 0.6 is 0 Å². The number of carbonyl (C=O) groups is 2. The zero-order chi connectivity index (χ0) is 22.8. The topological polar surface area (TPSA) is 104 Å². The third kappa shape index (κ3) is 8.13. The van der Waals surface area contributed by atoms with Crippen molar-refractivity contribution in [2.24, 2.45) is 17.3 Å². The predicted molar refractivity (Wildman–Crippen MR) is 117 cm³/mol. The van der Waals surface area contributed by atoms with Gasteiger partial charge in [-0.15, -0.1) is 0 Å². The second-order valence-corrected chi connectivity index (χ2v) is 9.33. The fourth-order valence-electron chi connectivity index (χ4n) is 4.16. The number of allylic oxidation sites excluding steroid dienone is 3. The van der Waals surface area contributed by atoms with Crippen molar-refractivity contribution in [3.8, 4) is 0 Å². The lowest BCUT2D eigenvalue weighted by molar-refractivity contribution is -0.165. The summed E-state index contributed by atoms with van der Waals surface area (Å²) < 4.78 is 4.55. The van der Waals surface area contributed by atoms with Crippen LogP contribution in [0, 0.1) is 17.3 Å². The first-order valence-electron chi connectivity index (χ1n) is 11.1. The molecule has 0 spiro atoms. The third-order valence-electron chi connectivity index (χ3n) is 6.34. The Labute approximate surface area is 181 Å². The van der Waals surface area contributed by atoms with Crippen molar-refractivity contribution in [3.63, 3.8) is 0 Å². The molecule has 0 bridgehead atoms. The van der Waals surface area contributed by atoms with Crippen LogP contribution in [0.5, 0.6) is 0 Å². The highest BCUT2D eigenvalue weighted by Crippen LogP contribution is 2.43. The summed E-state index contributed by atoms with van der Waals surface area (Å²) in [7, 11) is 1.31. The monoisotopic (exact) mass is 424 g/mol. The molecule has 30 heavy (non-hydrogen) atoms. The number of ether oxygens (including phenoxy) is 1. The van der Waals surface area contributed by atoms with Gasteiger partial charge in [0.1, 0.15) is 0 Å². The fraction of sp³-hybridized carbons (Fsp3) is 0.750. The summed E-state index contributed by atoms with van der Waals surface area (Å²) in [6.07, 6.45) is 11.7. The van der Waals surface area contributed by atoms with Crippen LogP contribution in [0.25, 0.3) is 0 Å². The lowest BCUT2D eigenvalue weighted by Gasteiger charge is -2.29. The van der Waals surface area contributed by atoms with Crippen LogP contribution in [0.4, 0.5) is 0 Å². The van der Waals surface area contributed by atoms with Crippen LogP contribution in [-0.4, -0.2) is 40.0 Å². The van der Waals surface area contributed by atoms with Gasteiger partial charge in [-0.3, -0.25) is 4.79 Å². The third-order valence-corrected chi connectivity index (χ3v) is 6.34. The molecule has 172 valence electrons.